The van der Waals surface area contributed by atoms with Gasteiger partial charge in [-0.05, 0) is 0 Å². The maximum Gasteiger partial charge on any atom is 0.453 e. The summed E-state index contributed by atoms with van der Waals surface area (Å²) in [4.78, 5) is 0. The second-order valence-electron chi connectivity index (χ2n) is 1.12. The lowest BCUT2D eigenvalue weighted by Gasteiger charge is -2.12. The van der Waals surface area contributed by atoms with Crippen LogP contribution in [-0.2, 0) is 0 Å². The molecule has 0 rings (SSSR count). The molecule has 0 saturated carbocycles. The van der Waals surface area contributed by atoms with E-state index in [9.17, 15) is 22.0 Å². The van der Waals surface area contributed by atoms with E-state index >= 15 is 0 Å². The molecule has 0 amide bonds. The highest BCUT2D eigenvalue weighted by Gasteiger charge is 2.53. The SMILES string of the molecule is [CH]C(F)(F)C(F)(F)F. The molecule has 0 heterocycles. The van der Waals surface area contributed by atoms with Gasteiger partial charge in [0, 0.05) is 0 Å². The van der Waals surface area contributed by atoms with Crippen molar-refractivity contribution in [3.8, 4) is 0 Å². The number of alkyl halides is 5. The summed E-state index contributed by atoms with van der Waals surface area (Å²) in [5.74, 6) is -5.06. The summed E-state index contributed by atoms with van der Waals surface area (Å²) < 4.78 is 53.8. The van der Waals surface area contributed by atoms with Crippen LogP contribution in [0.3, 0.4) is 0 Å². The zero-order chi connectivity index (χ0) is 7.00. The highest BCUT2D eigenvalue weighted by Crippen LogP contribution is 2.33. The predicted octanol–water partition coefficient (Wildman–Crippen LogP) is 1.90. The fraction of sp³-hybridized carbons (Fsp3) is 0.667. The van der Waals surface area contributed by atoms with Gasteiger partial charge < -0.3 is 0 Å². The third-order valence-corrected chi connectivity index (χ3v) is 0.378. The molecule has 0 aliphatic rings. The van der Waals surface area contributed by atoms with Crippen molar-refractivity contribution in [2.75, 3.05) is 0 Å². The van der Waals surface area contributed by atoms with E-state index in [0.717, 1.165) is 0 Å². The van der Waals surface area contributed by atoms with Crippen molar-refractivity contribution >= 4 is 0 Å². The third kappa shape index (κ3) is 1.63. The van der Waals surface area contributed by atoms with Gasteiger partial charge in [-0.3, -0.25) is 0 Å². The molecule has 0 saturated heterocycles. The standard InChI is InChI=1S/C3HF5/c1-2(4,5)3(6,7)8/h1H. The lowest BCUT2D eigenvalue weighted by atomic mass is 10.4. The Balaban J connectivity index is 4.02. The summed E-state index contributed by atoms with van der Waals surface area (Å²) in [5.41, 5.74) is 0. The van der Waals surface area contributed by atoms with Crippen molar-refractivity contribution in [3.63, 3.8) is 0 Å². The van der Waals surface area contributed by atoms with Crippen LogP contribution >= 0.6 is 0 Å². The zero-order valence-electron chi connectivity index (χ0n) is 3.47. The van der Waals surface area contributed by atoms with E-state index in [1.54, 1.807) is 0 Å². The summed E-state index contributed by atoms with van der Waals surface area (Å²) in [6.07, 6.45) is -5.62. The molecule has 0 N–H and O–H groups in total. The molecule has 0 aromatic carbocycles. The van der Waals surface area contributed by atoms with E-state index in [2.05, 4.69) is 6.92 Å². The first-order chi connectivity index (χ1) is 3.25. The van der Waals surface area contributed by atoms with Gasteiger partial charge in [0.05, 0.1) is 6.92 Å². The van der Waals surface area contributed by atoms with Gasteiger partial charge in [0.15, 0.2) is 0 Å². The van der Waals surface area contributed by atoms with Crippen LogP contribution in [0.5, 0.6) is 0 Å². The third-order valence-electron chi connectivity index (χ3n) is 0.378. The van der Waals surface area contributed by atoms with E-state index in [4.69, 9.17) is 0 Å². The Bertz CT molecular complexity index is 62.7. The van der Waals surface area contributed by atoms with E-state index in [1.165, 1.54) is 0 Å². The number of rotatable bonds is 0. The molecule has 2 radical (unpaired) electrons. The van der Waals surface area contributed by atoms with Crippen LogP contribution in [0.4, 0.5) is 22.0 Å². The molecule has 8 heavy (non-hydrogen) atoms. The van der Waals surface area contributed by atoms with Crippen molar-refractivity contribution in [3.05, 3.63) is 6.92 Å². The minimum Gasteiger partial charge on any atom is -0.196 e. The van der Waals surface area contributed by atoms with Gasteiger partial charge in [0.2, 0.25) is 0 Å². The van der Waals surface area contributed by atoms with Crippen molar-refractivity contribution < 1.29 is 22.0 Å². The summed E-state index contributed by atoms with van der Waals surface area (Å²) >= 11 is 0. The molecule has 0 nitrogen and oxygen atoms in total. The Morgan fingerprint density at radius 1 is 0.875 bits per heavy atom. The van der Waals surface area contributed by atoms with E-state index in [1.807, 2.05) is 0 Å². The largest absolute Gasteiger partial charge is 0.453 e. The van der Waals surface area contributed by atoms with Crippen LogP contribution in [0, 0.1) is 6.92 Å². The van der Waals surface area contributed by atoms with Gasteiger partial charge in [-0.1, -0.05) is 0 Å². The fourth-order valence-corrected chi connectivity index (χ4v) is 0. The first-order valence-electron chi connectivity index (χ1n) is 1.48. The second kappa shape index (κ2) is 1.56. The average molecular weight is 132 g/mol. The smallest absolute Gasteiger partial charge is 0.196 e. The molecule has 0 spiro atoms. The normalized spacial score (nSPS) is 14.2. The summed E-state index contributed by atoms with van der Waals surface area (Å²) in [5, 5.41) is 0. The first kappa shape index (κ1) is 7.65. The minimum absolute atomic E-state index is 3.35. The molecule has 0 unspecified atom stereocenters. The summed E-state index contributed by atoms with van der Waals surface area (Å²) in [6.45, 7) is 3.35. The van der Waals surface area contributed by atoms with Gasteiger partial charge in [-0.25, -0.2) is 0 Å². The van der Waals surface area contributed by atoms with Crippen LogP contribution in [0.25, 0.3) is 0 Å². The topological polar surface area (TPSA) is 0 Å². The fourth-order valence-electron chi connectivity index (χ4n) is 0. The molecular formula is C3HF5. The van der Waals surface area contributed by atoms with Crippen LogP contribution in [0.2, 0.25) is 0 Å². The molecule has 0 atom stereocenters. The molecule has 0 fully saturated rings. The molecule has 0 aliphatic carbocycles. The van der Waals surface area contributed by atoms with Crippen molar-refractivity contribution in [2.24, 2.45) is 0 Å². The van der Waals surface area contributed by atoms with E-state index in [-0.39, 0.29) is 0 Å². The number of hydrogen-bond donors (Lipinski definition) is 0. The van der Waals surface area contributed by atoms with Gasteiger partial charge in [0.1, 0.15) is 0 Å². The molecular weight excluding hydrogens is 131 g/mol. The number of halogens is 5. The van der Waals surface area contributed by atoms with Gasteiger partial charge in [0.25, 0.3) is 0 Å². The van der Waals surface area contributed by atoms with Crippen LogP contribution in [0.15, 0.2) is 0 Å². The predicted molar refractivity (Wildman–Crippen MR) is 15.3 cm³/mol. The highest BCUT2D eigenvalue weighted by molar-refractivity contribution is 4.77. The Morgan fingerprint density at radius 3 is 1.00 bits per heavy atom. The van der Waals surface area contributed by atoms with Gasteiger partial charge in [-0.2, -0.15) is 22.0 Å². The maximum absolute atomic E-state index is 10.9. The Morgan fingerprint density at radius 2 is 1.00 bits per heavy atom. The van der Waals surface area contributed by atoms with Crippen LogP contribution < -0.4 is 0 Å². The van der Waals surface area contributed by atoms with Crippen molar-refractivity contribution in [1.29, 1.82) is 0 Å². The van der Waals surface area contributed by atoms with Crippen LogP contribution in [-0.4, -0.2) is 12.1 Å². The lowest BCUT2D eigenvalue weighted by Crippen LogP contribution is -2.32. The molecule has 0 bridgehead atoms. The summed E-state index contributed by atoms with van der Waals surface area (Å²) in [7, 11) is 0. The molecule has 48 valence electrons. The minimum atomic E-state index is -5.62. The number of hydrogen-bond acceptors (Lipinski definition) is 0. The average Bonchev–Trinajstić information content (AvgIpc) is 1.25. The van der Waals surface area contributed by atoms with Crippen molar-refractivity contribution in [2.45, 2.75) is 12.1 Å². The zero-order valence-corrected chi connectivity index (χ0v) is 3.47. The quantitative estimate of drug-likeness (QED) is 0.441. The van der Waals surface area contributed by atoms with Crippen LogP contribution in [0.1, 0.15) is 0 Å². The maximum atomic E-state index is 10.9. The first-order valence-corrected chi connectivity index (χ1v) is 1.48. The van der Waals surface area contributed by atoms with E-state index < -0.39 is 12.1 Å². The molecule has 0 aromatic heterocycles. The summed E-state index contributed by atoms with van der Waals surface area (Å²) in [6, 6.07) is 0. The highest BCUT2D eigenvalue weighted by atomic mass is 19.4. The molecule has 0 aromatic rings. The molecule has 5 heteroatoms. The monoisotopic (exact) mass is 132 g/mol. The van der Waals surface area contributed by atoms with E-state index in [0.29, 0.717) is 0 Å². The Labute approximate surface area is 42.3 Å². The Hall–Kier alpha value is -0.350. The second-order valence-corrected chi connectivity index (χ2v) is 1.12. The Kier molecular flexibility index (Phi) is 1.50. The van der Waals surface area contributed by atoms with Crippen molar-refractivity contribution in [1.82, 2.24) is 0 Å². The molecule has 0 aliphatic heterocycles. The van der Waals surface area contributed by atoms with Gasteiger partial charge >= 0.3 is 12.1 Å². The van der Waals surface area contributed by atoms with Gasteiger partial charge in [-0.15, -0.1) is 0 Å². The lowest BCUT2D eigenvalue weighted by molar-refractivity contribution is -0.260.